The van der Waals surface area contributed by atoms with Crippen LogP contribution in [-0.4, -0.2) is 6.10 Å². The van der Waals surface area contributed by atoms with Crippen molar-refractivity contribution >= 4 is 22.6 Å². The third-order valence-corrected chi connectivity index (χ3v) is 4.77. The molecule has 1 unspecified atom stereocenters. The van der Waals surface area contributed by atoms with Crippen molar-refractivity contribution in [1.82, 2.24) is 0 Å². The van der Waals surface area contributed by atoms with Crippen LogP contribution < -0.4 is 0 Å². The van der Waals surface area contributed by atoms with Crippen molar-refractivity contribution in [3.05, 3.63) is 45.2 Å². The van der Waals surface area contributed by atoms with Crippen molar-refractivity contribution in [3.63, 3.8) is 0 Å². The zero-order chi connectivity index (χ0) is 14.1. The van der Waals surface area contributed by atoms with Gasteiger partial charge in [0.15, 0.2) is 0 Å². The second-order valence-electron chi connectivity index (χ2n) is 5.52. The van der Waals surface area contributed by atoms with E-state index in [9.17, 15) is 0 Å². The third-order valence-electron chi connectivity index (χ3n) is 3.63. The van der Waals surface area contributed by atoms with Crippen LogP contribution in [0.2, 0.25) is 0 Å². The summed E-state index contributed by atoms with van der Waals surface area (Å²) >= 11 is 2.42. The number of benzene rings is 1. The first kappa shape index (κ1) is 14.1. The molecule has 0 amide bonds. The van der Waals surface area contributed by atoms with Gasteiger partial charge in [-0.25, -0.2) is 0 Å². The molecule has 1 heterocycles. The molecule has 2 aromatic rings. The van der Waals surface area contributed by atoms with Crippen molar-refractivity contribution in [3.8, 4) is 11.3 Å². The van der Waals surface area contributed by atoms with Gasteiger partial charge in [-0.05, 0) is 55.7 Å². The number of fused-ring (bicyclic) bond motifs is 1. The van der Waals surface area contributed by atoms with Gasteiger partial charge in [0, 0.05) is 11.1 Å². The molecule has 20 heavy (non-hydrogen) atoms. The van der Waals surface area contributed by atoms with Gasteiger partial charge in [-0.1, -0.05) is 30.3 Å². The molecule has 0 N–H and O–H groups in total. The van der Waals surface area contributed by atoms with Crippen molar-refractivity contribution < 1.29 is 9.15 Å². The van der Waals surface area contributed by atoms with Crippen LogP contribution in [0.5, 0.6) is 0 Å². The Kier molecular flexibility index (Phi) is 4.17. The Morgan fingerprint density at radius 1 is 1.25 bits per heavy atom. The lowest BCUT2D eigenvalue weighted by Crippen LogP contribution is -2.15. The maximum absolute atomic E-state index is 6.20. The van der Waals surface area contributed by atoms with Gasteiger partial charge in [-0.15, -0.1) is 0 Å². The molecule has 0 aliphatic heterocycles. The molecule has 0 saturated heterocycles. The predicted octanol–water partition coefficient (Wildman–Crippen LogP) is 5.35. The molecule has 3 rings (SSSR count). The van der Waals surface area contributed by atoms with Gasteiger partial charge in [0.05, 0.1) is 9.67 Å². The molecule has 2 nitrogen and oxygen atoms in total. The van der Waals surface area contributed by atoms with Crippen LogP contribution in [0.1, 0.15) is 44.1 Å². The van der Waals surface area contributed by atoms with Gasteiger partial charge < -0.3 is 9.15 Å². The summed E-state index contributed by atoms with van der Waals surface area (Å²) in [6.07, 6.45) is 3.68. The molecule has 1 aromatic carbocycles. The van der Waals surface area contributed by atoms with E-state index in [2.05, 4.69) is 60.7 Å². The molecule has 0 bridgehead atoms. The number of hydrogen-bond donors (Lipinski definition) is 0. The third kappa shape index (κ3) is 2.66. The summed E-state index contributed by atoms with van der Waals surface area (Å²) in [5, 5.41) is 0. The molecule has 0 radical (unpaired) electrons. The molecule has 106 valence electrons. The highest BCUT2D eigenvalue weighted by Crippen LogP contribution is 2.42. The van der Waals surface area contributed by atoms with Crippen LogP contribution in [0.25, 0.3) is 11.3 Å². The smallest absolute Gasteiger partial charge is 0.148 e. The maximum atomic E-state index is 6.20. The number of rotatable bonds is 3. The highest BCUT2D eigenvalue weighted by atomic mass is 127. The van der Waals surface area contributed by atoms with Crippen molar-refractivity contribution in [1.29, 1.82) is 0 Å². The summed E-state index contributed by atoms with van der Waals surface area (Å²) < 4.78 is 13.5. The van der Waals surface area contributed by atoms with Crippen LogP contribution in [0.15, 0.2) is 34.7 Å². The maximum Gasteiger partial charge on any atom is 0.148 e. The van der Waals surface area contributed by atoms with Crippen molar-refractivity contribution in [2.24, 2.45) is 0 Å². The minimum absolute atomic E-state index is 0.115. The second kappa shape index (κ2) is 5.90. The summed E-state index contributed by atoms with van der Waals surface area (Å²) in [7, 11) is 0. The van der Waals surface area contributed by atoms with Crippen molar-refractivity contribution in [2.75, 3.05) is 0 Å². The lowest BCUT2D eigenvalue weighted by molar-refractivity contribution is -0.0150. The van der Waals surface area contributed by atoms with Crippen LogP contribution >= 0.6 is 22.6 Å². The minimum Gasteiger partial charge on any atom is -0.457 e. The van der Waals surface area contributed by atoms with Gasteiger partial charge in [0.2, 0.25) is 0 Å². The second-order valence-corrected chi connectivity index (χ2v) is 6.60. The van der Waals surface area contributed by atoms with E-state index in [1.807, 2.05) is 6.07 Å². The average Bonchev–Trinajstić information content (AvgIpc) is 2.78. The number of furan rings is 1. The first-order chi connectivity index (χ1) is 9.66. The van der Waals surface area contributed by atoms with Crippen LogP contribution in [-0.2, 0) is 11.2 Å². The van der Waals surface area contributed by atoms with Gasteiger partial charge in [0.25, 0.3) is 0 Å². The monoisotopic (exact) mass is 382 g/mol. The predicted molar refractivity (Wildman–Crippen MR) is 88.8 cm³/mol. The summed E-state index contributed by atoms with van der Waals surface area (Å²) in [6.45, 7) is 4.17. The fourth-order valence-electron chi connectivity index (χ4n) is 2.78. The van der Waals surface area contributed by atoms with Gasteiger partial charge in [-0.2, -0.15) is 0 Å². The Morgan fingerprint density at radius 2 is 2.00 bits per heavy atom. The molecule has 1 aromatic heterocycles. The molecule has 0 saturated carbocycles. The Bertz CT molecular complexity index is 587. The van der Waals surface area contributed by atoms with Crippen LogP contribution in [0.4, 0.5) is 0 Å². The van der Waals surface area contributed by atoms with E-state index in [0.717, 1.165) is 29.9 Å². The molecule has 3 heteroatoms. The van der Waals surface area contributed by atoms with Gasteiger partial charge in [-0.3, -0.25) is 0 Å². The Labute approximate surface area is 133 Å². The number of ether oxygens (including phenoxy) is 1. The van der Waals surface area contributed by atoms with E-state index in [4.69, 9.17) is 9.15 Å². The van der Waals surface area contributed by atoms with Crippen molar-refractivity contribution in [2.45, 2.75) is 45.3 Å². The molecule has 1 aliphatic rings. The lowest BCUT2D eigenvalue weighted by atomic mass is 9.95. The minimum atomic E-state index is 0.115. The Balaban J connectivity index is 2.02. The summed E-state index contributed by atoms with van der Waals surface area (Å²) in [5.41, 5.74) is 2.50. The molecule has 1 atom stereocenters. The zero-order valence-electron chi connectivity index (χ0n) is 11.9. The van der Waals surface area contributed by atoms with E-state index in [1.54, 1.807) is 0 Å². The van der Waals surface area contributed by atoms with Crippen LogP contribution in [0, 0.1) is 3.57 Å². The molecule has 0 spiro atoms. The first-order valence-corrected chi connectivity index (χ1v) is 8.26. The lowest BCUT2D eigenvalue weighted by Gasteiger charge is -2.23. The standard InChI is InChI=1S/C17H19IO2/c1-11(2)19-14-10-6-9-13-15(18)16(20-17(13)14)12-7-4-3-5-8-12/h3-5,7-8,11,14H,6,9-10H2,1-2H3. The van der Waals surface area contributed by atoms with E-state index >= 15 is 0 Å². The SMILES string of the molecule is CC(C)OC1CCCc2c1oc(-c1ccccc1)c2I. The quantitative estimate of drug-likeness (QED) is 0.668. The van der Waals surface area contributed by atoms with E-state index in [0.29, 0.717) is 0 Å². The molecular weight excluding hydrogens is 363 g/mol. The summed E-state index contributed by atoms with van der Waals surface area (Å²) in [4.78, 5) is 0. The normalized spacial score (nSPS) is 18.3. The summed E-state index contributed by atoms with van der Waals surface area (Å²) in [5.74, 6) is 2.05. The number of hydrogen-bond acceptors (Lipinski definition) is 2. The zero-order valence-corrected chi connectivity index (χ0v) is 14.0. The van der Waals surface area contributed by atoms with E-state index in [1.165, 1.54) is 15.6 Å². The highest BCUT2D eigenvalue weighted by molar-refractivity contribution is 14.1. The topological polar surface area (TPSA) is 22.4 Å². The first-order valence-electron chi connectivity index (χ1n) is 7.18. The average molecular weight is 382 g/mol. The largest absolute Gasteiger partial charge is 0.457 e. The van der Waals surface area contributed by atoms with Gasteiger partial charge >= 0.3 is 0 Å². The molecular formula is C17H19IO2. The summed E-state index contributed by atoms with van der Waals surface area (Å²) in [6, 6.07) is 10.3. The highest BCUT2D eigenvalue weighted by Gasteiger charge is 2.30. The molecule has 0 fully saturated rings. The Hall–Kier alpha value is -0.810. The van der Waals surface area contributed by atoms with E-state index in [-0.39, 0.29) is 12.2 Å². The fraction of sp³-hybridized carbons (Fsp3) is 0.412. The van der Waals surface area contributed by atoms with Gasteiger partial charge in [0.1, 0.15) is 17.6 Å². The van der Waals surface area contributed by atoms with Crippen LogP contribution in [0.3, 0.4) is 0 Å². The fourth-order valence-corrected chi connectivity index (χ4v) is 3.74. The number of halogens is 1. The Morgan fingerprint density at radius 3 is 2.70 bits per heavy atom. The van der Waals surface area contributed by atoms with E-state index < -0.39 is 0 Å². The molecule has 1 aliphatic carbocycles.